The lowest BCUT2D eigenvalue weighted by Gasteiger charge is -2.12. The van der Waals surface area contributed by atoms with Gasteiger partial charge in [0.15, 0.2) is 0 Å². The number of ketones is 1. The van der Waals surface area contributed by atoms with Crippen molar-refractivity contribution in [1.82, 2.24) is 5.32 Å². The molecule has 0 amide bonds. The van der Waals surface area contributed by atoms with Crippen molar-refractivity contribution in [3.63, 3.8) is 0 Å². The van der Waals surface area contributed by atoms with Crippen LogP contribution in [-0.2, 0) is 11.2 Å². The average molecular weight is 202 g/mol. The number of hydrogen-bond donors (Lipinski definition) is 1. The van der Waals surface area contributed by atoms with Crippen LogP contribution in [0.1, 0.15) is 18.1 Å². The summed E-state index contributed by atoms with van der Waals surface area (Å²) in [6.07, 6.45) is 0.626. The topological polar surface area (TPSA) is 52.9 Å². The molecule has 3 nitrogen and oxygen atoms in total. The third kappa shape index (κ3) is 3.19. The quantitative estimate of drug-likeness (QED) is 0.800. The molecule has 0 aliphatic heterocycles. The first-order chi connectivity index (χ1) is 7.17. The maximum atomic E-state index is 11.2. The normalized spacial score (nSPS) is 11.8. The van der Waals surface area contributed by atoms with E-state index in [9.17, 15) is 4.79 Å². The molecule has 1 aromatic carbocycles. The van der Waals surface area contributed by atoms with Gasteiger partial charge >= 0.3 is 0 Å². The van der Waals surface area contributed by atoms with E-state index in [0.717, 1.165) is 5.56 Å². The predicted molar refractivity (Wildman–Crippen MR) is 58.4 cm³/mol. The van der Waals surface area contributed by atoms with E-state index in [2.05, 4.69) is 11.4 Å². The van der Waals surface area contributed by atoms with Gasteiger partial charge in [-0.15, -0.1) is 0 Å². The number of hydrogen-bond acceptors (Lipinski definition) is 3. The summed E-state index contributed by atoms with van der Waals surface area (Å²) in [5.74, 6) is 0.111. The third-order valence-corrected chi connectivity index (χ3v) is 2.34. The van der Waals surface area contributed by atoms with Crippen LogP contribution in [0.2, 0.25) is 0 Å². The van der Waals surface area contributed by atoms with Gasteiger partial charge in [0, 0.05) is 0 Å². The molecule has 0 aliphatic carbocycles. The Bertz CT molecular complexity index is 393. The largest absolute Gasteiger partial charge is 0.310 e. The number of nitrogens with zero attached hydrogens (tertiary/aromatic N) is 1. The molecule has 0 unspecified atom stereocenters. The second-order valence-electron chi connectivity index (χ2n) is 3.47. The van der Waals surface area contributed by atoms with Crippen molar-refractivity contribution in [1.29, 1.82) is 5.26 Å². The predicted octanol–water partition coefficient (Wildman–Crippen LogP) is 1.28. The van der Waals surface area contributed by atoms with Gasteiger partial charge in [-0.05, 0) is 38.1 Å². The number of Topliss-reactive ketones (excluding diaryl/α,β-unsaturated/α-hetero) is 1. The zero-order chi connectivity index (χ0) is 11.3. The van der Waals surface area contributed by atoms with Crippen LogP contribution in [0.15, 0.2) is 24.3 Å². The van der Waals surface area contributed by atoms with Crippen molar-refractivity contribution in [3.8, 4) is 6.07 Å². The minimum Gasteiger partial charge on any atom is -0.310 e. The first-order valence-corrected chi connectivity index (χ1v) is 4.84. The number of rotatable bonds is 4. The van der Waals surface area contributed by atoms with Gasteiger partial charge in [0.1, 0.15) is 5.78 Å². The summed E-state index contributed by atoms with van der Waals surface area (Å²) in [5.41, 5.74) is 1.63. The van der Waals surface area contributed by atoms with E-state index in [4.69, 9.17) is 5.26 Å². The van der Waals surface area contributed by atoms with Gasteiger partial charge in [0.2, 0.25) is 0 Å². The molecule has 0 bridgehead atoms. The monoisotopic (exact) mass is 202 g/mol. The van der Waals surface area contributed by atoms with E-state index in [1.54, 1.807) is 20.0 Å². The maximum Gasteiger partial charge on any atom is 0.147 e. The highest BCUT2D eigenvalue weighted by atomic mass is 16.1. The number of carbonyl (C=O) groups is 1. The van der Waals surface area contributed by atoms with Crippen molar-refractivity contribution < 1.29 is 4.79 Å². The molecular weight excluding hydrogens is 188 g/mol. The van der Waals surface area contributed by atoms with Gasteiger partial charge in [0.05, 0.1) is 17.7 Å². The van der Waals surface area contributed by atoms with Crippen molar-refractivity contribution >= 4 is 5.78 Å². The lowest BCUT2D eigenvalue weighted by atomic mass is 10.0. The van der Waals surface area contributed by atoms with Crippen molar-refractivity contribution in [3.05, 3.63) is 35.4 Å². The Balaban J connectivity index is 2.80. The molecular formula is C12H14N2O. The van der Waals surface area contributed by atoms with Gasteiger partial charge in [-0.3, -0.25) is 4.79 Å². The second kappa shape index (κ2) is 5.28. The maximum absolute atomic E-state index is 11.2. The Kier molecular flexibility index (Phi) is 4.02. The average Bonchev–Trinajstić information content (AvgIpc) is 2.25. The molecule has 1 aromatic rings. The van der Waals surface area contributed by atoms with Gasteiger partial charge in [-0.2, -0.15) is 5.26 Å². The summed E-state index contributed by atoms with van der Waals surface area (Å²) < 4.78 is 0. The van der Waals surface area contributed by atoms with Crippen LogP contribution in [-0.4, -0.2) is 18.9 Å². The molecule has 0 saturated carbocycles. The van der Waals surface area contributed by atoms with E-state index in [1.807, 2.05) is 18.2 Å². The number of nitriles is 1. The van der Waals surface area contributed by atoms with Gasteiger partial charge in [-0.1, -0.05) is 12.1 Å². The number of likely N-dealkylation sites (N-methyl/N-ethyl adjacent to an activating group) is 1. The van der Waals surface area contributed by atoms with Gasteiger partial charge in [-0.25, -0.2) is 0 Å². The Hall–Kier alpha value is -1.66. The zero-order valence-corrected chi connectivity index (χ0v) is 8.95. The molecule has 0 saturated heterocycles. The van der Waals surface area contributed by atoms with Crippen LogP contribution >= 0.6 is 0 Å². The molecule has 0 radical (unpaired) electrons. The van der Waals surface area contributed by atoms with Crippen LogP contribution in [0.5, 0.6) is 0 Å². The Labute approximate surface area is 89.7 Å². The molecule has 0 spiro atoms. The number of benzene rings is 1. The van der Waals surface area contributed by atoms with Crippen molar-refractivity contribution in [2.45, 2.75) is 19.4 Å². The lowest BCUT2D eigenvalue weighted by molar-refractivity contribution is -0.118. The zero-order valence-electron chi connectivity index (χ0n) is 8.95. The summed E-state index contributed by atoms with van der Waals surface area (Å²) in [6, 6.07) is 9.24. The van der Waals surface area contributed by atoms with E-state index in [-0.39, 0.29) is 11.8 Å². The molecule has 1 atom stereocenters. The van der Waals surface area contributed by atoms with Gasteiger partial charge < -0.3 is 5.32 Å². The molecule has 15 heavy (non-hydrogen) atoms. The van der Waals surface area contributed by atoms with Crippen molar-refractivity contribution in [2.24, 2.45) is 0 Å². The minimum absolute atomic E-state index is 0.111. The molecule has 0 heterocycles. The van der Waals surface area contributed by atoms with Crippen LogP contribution in [0.3, 0.4) is 0 Å². The number of carbonyl (C=O) groups excluding carboxylic acids is 1. The highest BCUT2D eigenvalue weighted by Gasteiger charge is 2.11. The SMILES string of the molecule is CN[C@@H](Cc1cccc(C#N)c1)C(C)=O. The van der Waals surface area contributed by atoms with Crippen molar-refractivity contribution in [2.75, 3.05) is 7.05 Å². The van der Waals surface area contributed by atoms with Gasteiger partial charge in [0.25, 0.3) is 0 Å². The summed E-state index contributed by atoms with van der Waals surface area (Å²) >= 11 is 0. The van der Waals surface area contributed by atoms with E-state index >= 15 is 0 Å². The molecule has 0 aliphatic rings. The van der Waals surface area contributed by atoms with Crippen LogP contribution < -0.4 is 5.32 Å². The molecule has 1 rings (SSSR count). The smallest absolute Gasteiger partial charge is 0.147 e. The fourth-order valence-corrected chi connectivity index (χ4v) is 1.45. The highest BCUT2D eigenvalue weighted by Crippen LogP contribution is 2.07. The Morgan fingerprint density at radius 1 is 1.60 bits per heavy atom. The van der Waals surface area contributed by atoms with Crippen LogP contribution in [0.25, 0.3) is 0 Å². The summed E-state index contributed by atoms with van der Waals surface area (Å²) in [4.78, 5) is 11.2. The summed E-state index contributed by atoms with van der Waals surface area (Å²) in [7, 11) is 1.76. The standard InChI is InChI=1S/C12H14N2O/c1-9(15)12(14-2)7-10-4-3-5-11(6-10)8-13/h3-6,12,14H,7H2,1-2H3/t12-/m0/s1. The van der Waals surface area contributed by atoms with Crippen LogP contribution in [0, 0.1) is 11.3 Å². The molecule has 1 N–H and O–H groups in total. The first-order valence-electron chi connectivity index (χ1n) is 4.84. The van der Waals surface area contributed by atoms with E-state index in [1.165, 1.54) is 0 Å². The molecule has 0 fully saturated rings. The second-order valence-corrected chi connectivity index (χ2v) is 3.47. The first kappa shape index (κ1) is 11.4. The van der Waals surface area contributed by atoms with E-state index < -0.39 is 0 Å². The molecule has 3 heteroatoms. The third-order valence-electron chi connectivity index (χ3n) is 2.34. The summed E-state index contributed by atoms with van der Waals surface area (Å²) in [5, 5.41) is 11.7. The highest BCUT2D eigenvalue weighted by molar-refractivity contribution is 5.81. The Morgan fingerprint density at radius 2 is 2.33 bits per heavy atom. The molecule has 0 aromatic heterocycles. The summed E-state index contributed by atoms with van der Waals surface area (Å²) in [6.45, 7) is 1.56. The lowest BCUT2D eigenvalue weighted by Crippen LogP contribution is -2.34. The fraction of sp³-hybridized carbons (Fsp3) is 0.333. The number of nitrogens with one attached hydrogen (secondary N) is 1. The fourth-order valence-electron chi connectivity index (χ4n) is 1.45. The minimum atomic E-state index is -0.168. The van der Waals surface area contributed by atoms with Crippen LogP contribution in [0.4, 0.5) is 0 Å². The Morgan fingerprint density at radius 3 is 2.87 bits per heavy atom. The molecule has 78 valence electrons. The van der Waals surface area contributed by atoms with E-state index in [0.29, 0.717) is 12.0 Å².